The number of likely N-dealkylation sites (N-methyl/N-ethyl adjacent to an activating group) is 1. The Balaban J connectivity index is 1.30. The highest BCUT2D eigenvalue weighted by Crippen LogP contribution is 2.34. The lowest BCUT2D eigenvalue weighted by molar-refractivity contribution is -0.137. The summed E-state index contributed by atoms with van der Waals surface area (Å²) in [5.74, 6) is 0.415. The number of amides is 2. The molecule has 0 spiro atoms. The van der Waals surface area contributed by atoms with E-state index in [9.17, 15) is 18.0 Å². The van der Waals surface area contributed by atoms with Gasteiger partial charge in [0.1, 0.15) is 0 Å². The number of hydrogen-bond donors (Lipinski definition) is 4. The Morgan fingerprint density at radius 1 is 1.00 bits per heavy atom. The van der Waals surface area contributed by atoms with Gasteiger partial charge in [0.25, 0.3) is 0 Å². The number of nitrogens with two attached hydrogens (primary N) is 1. The number of benzene rings is 3. The number of aromatic amines is 1. The number of rotatable bonds is 5. The fourth-order valence-electron chi connectivity index (χ4n) is 4.63. The van der Waals surface area contributed by atoms with Crippen LogP contribution in [-0.2, 0) is 12.7 Å². The van der Waals surface area contributed by atoms with Gasteiger partial charge in [-0.2, -0.15) is 18.3 Å². The summed E-state index contributed by atoms with van der Waals surface area (Å²) in [5, 5.41) is 13.3. The minimum Gasteiger partial charge on any atom is -0.382 e. The van der Waals surface area contributed by atoms with E-state index in [0.29, 0.717) is 11.5 Å². The molecular formula is C27H28F3N7O. The lowest BCUT2D eigenvalue weighted by Crippen LogP contribution is -2.43. The fourth-order valence-corrected chi connectivity index (χ4v) is 4.63. The zero-order valence-corrected chi connectivity index (χ0v) is 20.8. The number of hydrogen-bond acceptors (Lipinski definition) is 5. The molecule has 3 aromatic carbocycles. The van der Waals surface area contributed by atoms with E-state index in [0.717, 1.165) is 72.4 Å². The lowest BCUT2D eigenvalue weighted by atomic mass is 9.98. The van der Waals surface area contributed by atoms with Crippen LogP contribution < -0.4 is 16.4 Å². The molecule has 0 bridgehead atoms. The van der Waals surface area contributed by atoms with Crippen LogP contribution in [0, 0.1) is 0 Å². The first-order valence-corrected chi connectivity index (χ1v) is 12.2. The molecule has 0 atom stereocenters. The summed E-state index contributed by atoms with van der Waals surface area (Å²) in [5.41, 5.74) is 9.77. The molecule has 38 heavy (non-hydrogen) atoms. The maximum atomic E-state index is 12.9. The molecule has 4 aromatic rings. The number of nitrogens with one attached hydrogen (secondary N) is 3. The van der Waals surface area contributed by atoms with E-state index in [-0.39, 0.29) is 5.69 Å². The summed E-state index contributed by atoms with van der Waals surface area (Å²) in [6.07, 6.45) is -4.49. The smallest absolute Gasteiger partial charge is 0.382 e. The molecule has 0 radical (unpaired) electrons. The van der Waals surface area contributed by atoms with Crippen LogP contribution in [0.3, 0.4) is 0 Å². The van der Waals surface area contributed by atoms with Crippen LogP contribution in [0.4, 0.5) is 35.2 Å². The van der Waals surface area contributed by atoms with Gasteiger partial charge in [-0.3, -0.25) is 10.00 Å². The van der Waals surface area contributed by atoms with E-state index in [1.54, 1.807) is 12.1 Å². The number of piperazine rings is 1. The number of nitrogen functional groups attached to an aromatic ring is 1. The van der Waals surface area contributed by atoms with Crippen molar-refractivity contribution in [2.45, 2.75) is 12.7 Å². The average Bonchev–Trinajstić information content (AvgIpc) is 3.28. The van der Waals surface area contributed by atoms with Gasteiger partial charge in [0.05, 0.1) is 16.5 Å². The molecule has 1 aromatic heterocycles. The molecule has 198 valence electrons. The zero-order valence-electron chi connectivity index (χ0n) is 20.8. The average molecular weight is 524 g/mol. The van der Waals surface area contributed by atoms with E-state index in [4.69, 9.17) is 5.73 Å². The topological polar surface area (TPSA) is 102 Å². The minimum atomic E-state index is -4.49. The van der Waals surface area contributed by atoms with Gasteiger partial charge in [0.2, 0.25) is 0 Å². The van der Waals surface area contributed by atoms with Crippen LogP contribution in [0.5, 0.6) is 0 Å². The number of carbonyl (C=O) groups is 1. The first kappa shape index (κ1) is 25.6. The summed E-state index contributed by atoms with van der Waals surface area (Å²) >= 11 is 0. The van der Waals surface area contributed by atoms with E-state index >= 15 is 0 Å². The van der Waals surface area contributed by atoms with Gasteiger partial charge in [-0.15, -0.1) is 0 Å². The van der Waals surface area contributed by atoms with Crippen LogP contribution in [-0.4, -0.2) is 59.3 Å². The third kappa shape index (κ3) is 5.58. The summed E-state index contributed by atoms with van der Waals surface area (Å²) < 4.78 is 38.8. The van der Waals surface area contributed by atoms with Crippen molar-refractivity contribution in [1.29, 1.82) is 0 Å². The molecule has 1 aliphatic heterocycles. The summed E-state index contributed by atoms with van der Waals surface area (Å²) in [6, 6.07) is 15.1. The maximum absolute atomic E-state index is 12.9. The normalized spacial score (nSPS) is 15.1. The van der Waals surface area contributed by atoms with E-state index in [1.165, 1.54) is 12.1 Å². The summed E-state index contributed by atoms with van der Waals surface area (Å²) in [6.45, 7) is 4.86. The molecular weight excluding hydrogens is 495 g/mol. The Labute approximate surface area is 217 Å². The van der Waals surface area contributed by atoms with Gasteiger partial charge in [-0.25, -0.2) is 4.79 Å². The number of aromatic nitrogens is 2. The van der Waals surface area contributed by atoms with E-state index < -0.39 is 17.8 Å². The lowest BCUT2D eigenvalue weighted by Gasteiger charge is -2.32. The van der Waals surface area contributed by atoms with Crippen molar-refractivity contribution in [3.05, 3.63) is 71.8 Å². The molecule has 2 heterocycles. The van der Waals surface area contributed by atoms with Crippen LogP contribution in [0.2, 0.25) is 0 Å². The van der Waals surface area contributed by atoms with Crippen molar-refractivity contribution < 1.29 is 18.0 Å². The Morgan fingerprint density at radius 2 is 1.71 bits per heavy atom. The second kappa shape index (κ2) is 10.3. The second-order valence-electron chi connectivity index (χ2n) is 9.45. The molecule has 0 unspecified atom stereocenters. The molecule has 8 nitrogen and oxygen atoms in total. The molecule has 1 saturated heterocycles. The molecule has 1 fully saturated rings. The summed E-state index contributed by atoms with van der Waals surface area (Å²) in [4.78, 5) is 17.1. The quantitative estimate of drug-likeness (QED) is 0.287. The van der Waals surface area contributed by atoms with Crippen LogP contribution in [0.25, 0.3) is 22.0 Å². The van der Waals surface area contributed by atoms with Crippen molar-refractivity contribution in [3.63, 3.8) is 0 Å². The van der Waals surface area contributed by atoms with Gasteiger partial charge in [-0.1, -0.05) is 30.3 Å². The Kier molecular flexibility index (Phi) is 6.96. The first-order chi connectivity index (χ1) is 18.2. The van der Waals surface area contributed by atoms with Crippen LogP contribution in [0.15, 0.2) is 60.7 Å². The Hall–Kier alpha value is -4.09. The Morgan fingerprint density at radius 3 is 2.42 bits per heavy atom. The van der Waals surface area contributed by atoms with Crippen molar-refractivity contribution >= 4 is 34.1 Å². The molecule has 0 aliphatic carbocycles. The molecule has 5 N–H and O–H groups in total. The monoisotopic (exact) mass is 523 g/mol. The standard InChI is InChI=1S/C27H28F3N7O/c1-36-11-13-37(14-12-36)16-18-7-10-22(23-24(18)34-35-25(23)31)17-5-8-20(9-6-17)32-26(38)33-21-4-2-3-19(15-21)27(28,29)30/h2-10,15H,11-14,16H2,1H3,(H3,31,34,35)(H2,32,33,38). The second-order valence-corrected chi connectivity index (χ2v) is 9.45. The van der Waals surface area contributed by atoms with Gasteiger partial charge < -0.3 is 21.3 Å². The zero-order chi connectivity index (χ0) is 26.9. The van der Waals surface area contributed by atoms with Gasteiger partial charge in [0.15, 0.2) is 5.82 Å². The molecule has 5 rings (SSSR count). The van der Waals surface area contributed by atoms with E-state index in [2.05, 4.69) is 43.7 Å². The van der Waals surface area contributed by atoms with Crippen molar-refractivity contribution in [3.8, 4) is 11.1 Å². The number of urea groups is 1. The third-order valence-corrected chi connectivity index (χ3v) is 6.73. The predicted molar refractivity (Wildman–Crippen MR) is 143 cm³/mol. The van der Waals surface area contributed by atoms with E-state index in [1.807, 2.05) is 18.2 Å². The minimum absolute atomic E-state index is 0.0448. The molecule has 11 heteroatoms. The van der Waals surface area contributed by atoms with Crippen molar-refractivity contribution in [2.24, 2.45) is 0 Å². The number of carbonyl (C=O) groups excluding carboxylic acids is 1. The summed E-state index contributed by atoms with van der Waals surface area (Å²) in [7, 11) is 2.13. The SMILES string of the molecule is CN1CCN(Cc2ccc(-c3ccc(NC(=O)Nc4cccc(C(F)(F)F)c4)cc3)c3c(N)n[nH]c23)CC1. The maximum Gasteiger partial charge on any atom is 0.416 e. The molecule has 1 aliphatic rings. The van der Waals surface area contributed by atoms with Crippen LogP contribution in [0.1, 0.15) is 11.1 Å². The fraction of sp³-hybridized carbons (Fsp3) is 0.259. The number of alkyl halides is 3. The van der Waals surface area contributed by atoms with Gasteiger partial charge in [-0.05, 0) is 54.1 Å². The molecule has 2 amide bonds. The van der Waals surface area contributed by atoms with Gasteiger partial charge in [0, 0.05) is 44.1 Å². The first-order valence-electron chi connectivity index (χ1n) is 12.2. The number of H-pyrrole nitrogens is 1. The number of anilines is 3. The van der Waals surface area contributed by atoms with Crippen molar-refractivity contribution in [1.82, 2.24) is 20.0 Å². The molecule has 0 saturated carbocycles. The third-order valence-electron chi connectivity index (χ3n) is 6.73. The number of nitrogens with zero attached hydrogens (tertiary/aromatic N) is 3. The highest BCUT2D eigenvalue weighted by atomic mass is 19.4. The predicted octanol–water partition coefficient (Wildman–Crippen LogP) is 5.22. The van der Waals surface area contributed by atoms with Gasteiger partial charge >= 0.3 is 12.2 Å². The highest BCUT2D eigenvalue weighted by molar-refractivity contribution is 6.03. The Bertz CT molecular complexity index is 1440. The van der Waals surface area contributed by atoms with Crippen LogP contribution >= 0.6 is 0 Å². The highest BCUT2D eigenvalue weighted by Gasteiger charge is 2.30. The number of halogens is 3. The largest absolute Gasteiger partial charge is 0.416 e. The van der Waals surface area contributed by atoms with Crippen molar-refractivity contribution in [2.75, 3.05) is 49.6 Å². The number of fused-ring (bicyclic) bond motifs is 1.